The molecule has 0 unspecified atom stereocenters. The first-order valence-corrected chi connectivity index (χ1v) is 7.42. The lowest BCUT2D eigenvalue weighted by Crippen LogP contribution is -2.71. The van der Waals surface area contributed by atoms with Crippen LogP contribution in [0.3, 0.4) is 0 Å². The van der Waals surface area contributed by atoms with Gasteiger partial charge in [0.2, 0.25) is 0 Å². The van der Waals surface area contributed by atoms with Crippen molar-refractivity contribution in [1.29, 1.82) is 0 Å². The predicted octanol–water partition coefficient (Wildman–Crippen LogP) is 2.39. The number of piperidine rings is 1. The fourth-order valence-electron chi connectivity index (χ4n) is 4.41. The van der Waals surface area contributed by atoms with Gasteiger partial charge in [0, 0.05) is 5.92 Å². The minimum atomic E-state index is -0.267. The van der Waals surface area contributed by atoms with Crippen molar-refractivity contribution >= 4 is 5.78 Å². The Hall–Kier alpha value is -0.410. The van der Waals surface area contributed by atoms with Crippen molar-refractivity contribution in [2.45, 2.75) is 70.1 Å². The highest BCUT2D eigenvalue weighted by atomic mass is 16.5. The molecule has 4 aliphatic rings. The number of rotatable bonds is 1. The van der Waals surface area contributed by atoms with Crippen molar-refractivity contribution in [3.05, 3.63) is 0 Å². The molecule has 0 amide bonds. The summed E-state index contributed by atoms with van der Waals surface area (Å²) in [4.78, 5) is 15.2. The smallest absolute Gasteiger partial charge is 0.158 e. The number of nitrogens with zero attached hydrogens (tertiary/aromatic N) is 1. The van der Waals surface area contributed by atoms with Gasteiger partial charge in [0.1, 0.15) is 0 Å². The van der Waals surface area contributed by atoms with Crippen molar-refractivity contribution in [1.82, 2.24) is 4.90 Å². The molecule has 0 N–H and O–H groups in total. The molecule has 102 valence electrons. The number of Topliss-reactive ketones (excluding diaryl/α,β-unsaturated/α-hetero) is 1. The van der Waals surface area contributed by atoms with E-state index in [4.69, 9.17) is 4.74 Å². The lowest BCUT2D eigenvalue weighted by atomic mass is 9.64. The molecule has 1 aliphatic carbocycles. The Morgan fingerprint density at radius 3 is 2.39 bits per heavy atom. The molecule has 1 saturated carbocycles. The molecule has 0 aromatic rings. The van der Waals surface area contributed by atoms with E-state index in [2.05, 4.69) is 25.7 Å². The summed E-state index contributed by atoms with van der Waals surface area (Å²) in [6, 6.07) is 0.0181. The van der Waals surface area contributed by atoms with Crippen LogP contribution < -0.4 is 0 Å². The summed E-state index contributed by atoms with van der Waals surface area (Å²) in [7, 11) is 0. The summed E-state index contributed by atoms with van der Waals surface area (Å²) in [5, 5.41) is 0. The highest BCUT2D eigenvalue weighted by Gasteiger charge is 2.60. The molecule has 3 aliphatic heterocycles. The SMILES string of the molecule is CC1(C)O[C@@]2(C)CC[C@H]1C(=O)[C@H]2N1CCCCC1. The molecule has 4 rings (SSSR count). The van der Waals surface area contributed by atoms with Gasteiger partial charge in [0.05, 0.1) is 17.2 Å². The zero-order chi connectivity index (χ0) is 13.0. The normalized spacial score (nSPS) is 44.3. The number of hydrogen-bond donors (Lipinski definition) is 0. The Morgan fingerprint density at radius 2 is 1.83 bits per heavy atom. The van der Waals surface area contributed by atoms with Crippen molar-refractivity contribution in [2.24, 2.45) is 5.92 Å². The quantitative estimate of drug-likeness (QED) is 0.716. The van der Waals surface area contributed by atoms with Crippen LogP contribution in [0.25, 0.3) is 0 Å². The third-order valence-electron chi connectivity index (χ3n) is 5.21. The molecule has 0 aromatic carbocycles. The van der Waals surface area contributed by atoms with Gasteiger partial charge in [-0.2, -0.15) is 0 Å². The maximum absolute atomic E-state index is 12.8. The maximum atomic E-state index is 12.8. The maximum Gasteiger partial charge on any atom is 0.158 e. The van der Waals surface area contributed by atoms with Crippen LogP contribution in [0.5, 0.6) is 0 Å². The van der Waals surface area contributed by atoms with Gasteiger partial charge in [0.25, 0.3) is 0 Å². The second kappa shape index (κ2) is 4.04. The number of carbonyl (C=O) groups excluding carboxylic acids is 1. The Morgan fingerprint density at radius 1 is 1.17 bits per heavy atom. The van der Waals surface area contributed by atoms with E-state index in [-0.39, 0.29) is 23.2 Å². The highest BCUT2D eigenvalue weighted by Crippen LogP contribution is 2.49. The number of hydrogen-bond acceptors (Lipinski definition) is 3. The standard InChI is InChI=1S/C15H25NO2/c1-14(2)11-7-8-15(3,18-14)13(12(11)17)16-9-5-4-6-10-16/h11,13H,4-10H2,1-3H3/t11-,13+,15-/m0/s1. The summed E-state index contributed by atoms with van der Waals surface area (Å²) < 4.78 is 6.33. The number of ether oxygens (including phenoxy) is 1. The largest absolute Gasteiger partial charge is 0.367 e. The fraction of sp³-hybridized carbons (Fsp3) is 0.933. The number of ketones is 1. The second-order valence-electron chi connectivity index (χ2n) is 7.01. The molecule has 0 aromatic heterocycles. The molecular formula is C15H25NO2. The van der Waals surface area contributed by atoms with Gasteiger partial charge >= 0.3 is 0 Å². The Labute approximate surface area is 110 Å². The summed E-state index contributed by atoms with van der Waals surface area (Å²) >= 11 is 0. The summed E-state index contributed by atoms with van der Waals surface area (Å²) in [5.74, 6) is 0.549. The molecule has 3 heterocycles. The van der Waals surface area contributed by atoms with E-state index in [9.17, 15) is 4.79 Å². The minimum Gasteiger partial charge on any atom is -0.367 e. The van der Waals surface area contributed by atoms with Crippen molar-refractivity contribution < 1.29 is 9.53 Å². The monoisotopic (exact) mass is 251 g/mol. The Bertz CT molecular complexity index is 360. The van der Waals surface area contributed by atoms with Crippen LogP contribution in [0, 0.1) is 5.92 Å². The van der Waals surface area contributed by atoms with Crippen LogP contribution in [-0.4, -0.2) is 41.0 Å². The topological polar surface area (TPSA) is 29.5 Å². The van der Waals surface area contributed by atoms with Crippen molar-refractivity contribution in [3.8, 4) is 0 Å². The van der Waals surface area contributed by atoms with Crippen LogP contribution in [0.4, 0.5) is 0 Å². The number of likely N-dealkylation sites (tertiary alicyclic amines) is 1. The number of fused-ring (bicyclic) bond motifs is 3. The molecule has 2 bridgehead atoms. The van der Waals surface area contributed by atoms with Crippen LogP contribution in [-0.2, 0) is 9.53 Å². The third-order valence-corrected chi connectivity index (χ3v) is 5.21. The summed E-state index contributed by atoms with van der Waals surface area (Å²) in [5.41, 5.74) is -0.525. The second-order valence-corrected chi connectivity index (χ2v) is 7.01. The van der Waals surface area contributed by atoms with Gasteiger partial charge < -0.3 is 4.74 Å². The molecule has 0 radical (unpaired) electrons. The van der Waals surface area contributed by atoms with Gasteiger partial charge in [-0.3, -0.25) is 9.69 Å². The summed E-state index contributed by atoms with van der Waals surface area (Å²) in [6.45, 7) is 8.46. The average molecular weight is 251 g/mol. The van der Waals surface area contributed by atoms with E-state index >= 15 is 0 Å². The highest BCUT2D eigenvalue weighted by molar-refractivity contribution is 5.90. The molecule has 0 spiro atoms. The lowest BCUT2D eigenvalue weighted by Gasteiger charge is -2.59. The molecule has 18 heavy (non-hydrogen) atoms. The van der Waals surface area contributed by atoms with Crippen LogP contribution in [0.1, 0.15) is 52.9 Å². The predicted molar refractivity (Wildman–Crippen MR) is 70.5 cm³/mol. The molecule has 3 nitrogen and oxygen atoms in total. The average Bonchev–Trinajstić information content (AvgIpc) is 2.27. The fourth-order valence-corrected chi connectivity index (χ4v) is 4.41. The number of carbonyl (C=O) groups is 1. The van der Waals surface area contributed by atoms with Gasteiger partial charge in [-0.1, -0.05) is 6.42 Å². The zero-order valence-electron chi connectivity index (χ0n) is 11.9. The molecule has 3 atom stereocenters. The molecule has 4 fully saturated rings. The summed E-state index contributed by atoms with van der Waals surface area (Å²) in [6.07, 6.45) is 5.81. The first kappa shape index (κ1) is 12.6. The van der Waals surface area contributed by atoms with E-state index in [1.54, 1.807) is 0 Å². The zero-order valence-corrected chi connectivity index (χ0v) is 11.9. The molecule has 3 heteroatoms. The Balaban J connectivity index is 1.89. The van der Waals surface area contributed by atoms with Gasteiger partial charge in [0.15, 0.2) is 5.78 Å². The van der Waals surface area contributed by atoms with E-state index in [1.165, 1.54) is 19.3 Å². The molecular weight excluding hydrogens is 226 g/mol. The van der Waals surface area contributed by atoms with Gasteiger partial charge in [-0.15, -0.1) is 0 Å². The van der Waals surface area contributed by atoms with E-state index in [1.807, 2.05) is 0 Å². The first-order valence-electron chi connectivity index (χ1n) is 7.42. The Kier molecular flexibility index (Phi) is 2.83. The lowest BCUT2D eigenvalue weighted by molar-refractivity contribution is -0.245. The minimum absolute atomic E-state index is 0.0181. The van der Waals surface area contributed by atoms with E-state index in [0.717, 1.165) is 25.9 Å². The van der Waals surface area contributed by atoms with E-state index in [0.29, 0.717) is 5.78 Å². The van der Waals surface area contributed by atoms with Crippen LogP contribution in [0.2, 0.25) is 0 Å². The van der Waals surface area contributed by atoms with Crippen LogP contribution >= 0.6 is 0 Å². The third kappa shape index (κ3) is 1.75. The molecule has 3 saturated heterocycles. The van der Waals surface area contributed by atoms with Crippen LogP contribution in [0.15, 0.2) is 0 Å². The first-order chi connectivity index (χ1) is 8.44. The van der Waals surface area contributed by atoms with Gasteiger partial charge in [-0.25, -0.2) is 0 Å². The van der Waals surface area contributed by atoms with E-state index < -0.39 is 0 Å². The van der Waals surface area contributed by atoms with Gasteiger partial charge in [-0.05, 0) is 59.5 Å². The van der Waals surface area contributed by atoms with Crippen molar-refractivity contribution in [2.75, 3.05) is 13.1 Å². The van der Waals surface area contributed by atoms with Crippen molar-refractivity contribution in [3.63, 3.8) is 0 Å².